The van der Waals surface area contributed by atoms with Gasteiger partial charge >= 0.3 is 6.36 Å². The van der Waals surface area contributed by atoms with Crippen molar-refractivity contribution < 1.29 is 31.1 Å². The van der Waals surface area contributed by atoms with E-state index in [4.69, 9.17) is 4.74 Å². The van der Waals surface area contributed by atoms with Gasteiger partial charge in [-0.15, -0.1) is 13.2 Å². The molecule has 2 aromatic heterocycles. The van der Waals surface area contributed by atoms with Crippen LogP contribution >= 0.6 is 0 Å². The van der Waals surface area contributed by atoms with E-state index in [1.165, 1.54) is 24.5 Å². The van der Waals surface area contributed by atoms with Crippen LogP contribution in [-0.4, -0.2) is 61.1 Å². The number of allylic oxidation sites excluding steroid dienone is 6. The van der Waals surface area contributed by atoms with Gasteiger partial charge in [-0.25, -0.2) is 17.4 Å². The summed E-state index contributed by atoms with van der Waals surface area (Å²) in [6.07, 6.45) is 6.92. The van der Waals surface area contributed by atoms with Crippen LogP contribution in [0.25, 0.3) is 10.9 Å². The van der Waals surface area contributed by atoms with Gasteiger partial charge in [-0.2, -0.15) is 0 Å². The minimum Gasteiger partial charge on any atom is -0.493 e. The zero-order valence-electron chi connectivity index (χ0n) is 19.8. The lowest BCUT2D eigenvalue weighted by Gasteiger charge is -2.23. The molecule has 1 N–H and O–H groups in total. The third kappa shape index (κ3) is 6.11. The maximum absolute atomic E-state index is 13.4. The number of likely N-dealkylation sites (N-methyl/N-ethyl adjacent to an activating group) is 1. The Morgan fingerprint density at radius 3 is 2.86 bits per heavy atom. The fraction of sp³-hybridized carbons (Fsp3) is 0.375. The summed E-state index contributed by atoms with van der Waals surface area (Å²) in [4.78, 5) is 6.38. The highest BCUT2D eigenvalue weighted by molar-refractivity contribution is 7.90. The Balaban J connectivity index is 1.57. The molecule has 0 radical (unpaired) electrons. The molecule has 36 heavy (non-hydrogen) atoms. The first kappa shape index (κ1) is 25.8. The van der Waals surface area contributed by atoms with Crippen LogP contribution < -0.4 is 5.32 Å². The second kappa shape index (κ2) is 10.4. The molecule has 0 spiro atoms. The number of halogens is 3. The van der Waals surface area contributed by atoms with E-state index in [0.29, 0.717) is 23.3 Å². The number of rotatable bonds is 9. The fourth-order valence-electron chi connectivity index (χ4n) is 3.90. The topological polar surface area (TPSA) is 85.7 Å². The van der Waals surface area contributed by atoms with E-state index in [-0.39, 0.29) is 6.42 Å². The number of hydrogen-bond acceptors (Lipinski definition) is 7. The van der Waals surface area contributed by atoms with Gasteiger partial charge in [0, 0.05) is 36.1 Å². The van der Waals surface area contributed by atoms with Crippen molar-refractivity contribution in [2.24, 2.45) is 0 Å². The fourth-order valence-corrected chi connectivity index (χ4v) is 5.61. The van der Waals surface area contributed by atoms with Crippen molar-refractivity contribution in [1.82, 2.24) is 13.9 Å². The minimum absolute atomic E-state index is 0.143. The van der Waals surface area contributed by atoms with E-state index in [1.54, 1.807) is 12.1 Å². The van der Waals surface area contributed by atoms with Gasteiger partial charge in [0.25, 0.3) is 0 Å². The number of hydrogen-bond donors (Lipinski definition) is 1. The number of alkyl halides is 3. The van der Waals surface area contributed by atoms with E-state index >= 15 is 0 Å². The zero-order chi connectivity index (χ0) is 25.9. The highest BCUT2D eigenvalue weighted by Crippen LogP contribution is 2.32. The van der Waals surface area contributed by atoms with E-state index in [2.05, 4.69) is 15.0 Å². The molecule has 12 heteroatoms. The molecule has 0 saturated carbocycles. The van der Waals surface area contributed by atoms with Gasteiger partial charge < -0.3 is 19.7 Å². The first-order valence-electron chi connectivity index (χ1n) is 11.3. The highest BCUT2D eigenvalue weighted by Gasteiger charge is 2.40. The van der Waals surface area contributed by atoms with Crippen LogP contribution in [0.4, 0.5) is 19.0 Å². The van der Waals surface area contributed by atoms with Gasteiger partial charge in [0.1, 0.15) is 29.2 Å². The molecule has 4 rings (SSSR count). The molecule has 0 fully saturated rings. The van der Waals surface area contributed by atoms with Crippen LogP contribution in [0.5, 0.6) is 0 Å². The van der Waals surface area contributed by atoms with Gasteiger partial charge in [-0.05, 0) is 57.7 Å². The second-order valence-electron chi connectivity index (χ2n) is 8.65. The first-order chi connectivity index (χ1) is 17.0. The van der Waals surface area contributed by atoms with Gasteiger partial charge in [0.05, 0.1) is 5.52 Å². The van der Waals surface area contributed by atoms with Crippen LogP contribution in [0.3, 0.4) is 0 Å². The van der Waals surface area contributed by atoms with Crippen molar-refractivity contribution in [2.45, 2.75) is 30.9 Å². The lowest BCUT2D eigenvalue weighted by atomic mass is 10.1. The van der Waals surface area contributed by atoms with Gasteiger partial charge in [0.2, 0.25) is 10.0 Å². The smallest absolute Gasteiger partial charge is 0.493 e. The Bertz CT molecular complexity index is 1340. The summed E-state index contributed by atoms with van der Waals surface area (Å²) < 4.78 is 76.3. The molecule has 0 bridgehead atoms. The lowest BCUT2D eigenvalue weighted by Crippen LogP contribution is -2.32. The summed E-state index contributed by atoms with van der Waals surface area (Å²) in [6.45, 7) is 1.32. The first-order valence-corrected chi connectivity index (χ1v) is 12.8. The second-order valence-corrected chi connectivity index (χ2v) is 10.6. The minimum atomic E-state index is -5.00. The number of anilines is 1. The number of nitrogens with zero attached hydrogens (tertiary/aromatic N) is 3. The van der Waals surface area contributed by atoms with Crippen LogP contribution in [-0.2, 0) is 19.5 Å². The molecule has 1 unspecified atom stereocenters. The van der Waals surface area contributed by atoms with Crippen molar-refractivity contribution in [3.63, 3.8) is 0 Å². The number of ether oxygens (including phenoxy) is 2. The van der Waals surface area contributed by atoms with E-state index in [0.717, 1.165) is 40.9 Å². The molecule has 2 heterocycles. The summed E-state index contributed by atoms with van der Waals surface area (Å²) in [5, 5.41) is 2.22. The van der Waals surface area contributed by atoms with Crippen molar-refractivity contribution in [3.05, 3.63) is 72.1 Å². The van der Waals surface area contributed by atoms with E-state index in [9.17, 15) is 21.6 Å². The monoisotopic (exact) mass is 524 g/mol. The molecular formula is C24H27F3N4O4S. The van der Waals surface area contributed by atoms with Crippen molar-refractivity contribution >= 4 is 26.7 Å². The summed E-state index contributed by atoms with van der Waals surface area (Å²) >= 11 is 0. The molecular weight excluding hydrogens is 497 g/mol. The molecule has 194 valence electrons. The Morgan fingerprint density at radius 2 is 2.11 bits per heavy atom. The van der Waals surface area contributed by atoms with Crippen molar-refractivity contribution in [1.29, 1.82) is 0 Å². The molecule has 0 aliphatic heterocycles. The number of nitrogens with one attached hydrogen (secondary N) is 1. The maximum atomic E-state index is 13.4. The number of pyridine rings is 1. The van der Waals surface area contributed by atoms with Gasteiger partial charge in [-0.3, -0.25) is 0 Å². The van der Waals surface area contributed by atoms with Crippen LogP contribution in [0.1, 0.15) is 19.3 Å². The van der Waals surface area contributed by atoms with E-state index < -0.39 is 27.4 Å². The molecule has 1 atom stereocenters. The number of fused-ring (bicyclic) bond motifs is 1. The Kier molecular flexibility index (Phi) is 7.46. The Hall–Kier alpha value is -3.25. The molecule has 0 amide bonds. The van der Waals surface area contributed by atoms with E-state index in [1.807, 2.05) is 31.1 Å². The maximum Gasteiger partial charge on any atom is 0.572 e. The predicted octanol–water partition coefficient (Wildman–Crippen LogP) is 4.51. The molecule has 2 aromatic rings. The standard InChI is InChI=1S/C24H27F3N4O4S/c1-30(2)12-13-34-19-7-5-6-18(14-19)29-23-15-20-17(16-28-23)10-11-31(20)36(32,33)22-9-4-3-8-21(22)35-24(25,26)27/h3-4,7-8,10-11,14-16,22H,5-6,9,12-13H2,1-2H3,(H,28,29). The van der Waals surface area contributed by atoms with Gasteiger partial charge in [0.15, 0.2) is 0 Å². The normalized spacial score (nSPS) is 18.6. The third-order valence-electron chi connectivity index (χ3n) is 5.64. The summed E-state index contributed by atoms with van der Waals surface area (Å²) in [7, 11) is -0.348. The van der Waals surface area contributed by atoms with Gasteiger partial charge in [-0.1, -0.05) is 12.2 Å². The summed E-state index contributed by atoms with van der Waals surface area (Å²) in [6, 6.07) is 3.11. The Labute approximate surface area is 207 Å². The predicted molar refractivity (Wildman–Crippen MR) is 130 cm³/mol. The molecule has 2 aliphatic carbocycles. The quantitative estimate of drug-likeness (QED) is 0.517. The average Bonchev–Trinajstić information content (AvgIpc) is 3.22. The van der Waals surface area contributed by atoms with Crippen molar-refractivity contribution in [2.75, 3.05) is 32.6 Å². The van der Waals surface area contributed by atoms with Crippen molar-refractivity contribution in [3.8, 4) is 0 Å². The Morgan fingerprint density at radius 1 is 1.31 bits per heavy atom. The number of aromatic nitrogens is 2. The summed E-state index contributed by atoms with van der Waals surface area (Å²) in [5.41, 5.74) is 1.15. The SMILES string of the molecule is CN(C)CCOC1=CCCC(Nc2cc3c(ccn3S(=O)(=O)C3CC=CC=C3OC(F)(F)F)cn2)=C1. The molecule has 8 nitrogen and oxygen atoms in total. The summed E-state index contributed by atoms with van der Waals surface area (Å²) in [5.74, 6) is 0.483. The average molecular weight is 525 g/mol. The molecule has 0 saturated heterocycles. The van der Waals surface area contributed by atoms with Crippen LogP contribution in [0, 0.1) is 0 Å². The highest BCUT2D eigenvalue weighted by atomic mass is 32.2. The van der Waals surface area contributed by atoms with Crippen LogP contribution in [0.15, 0.2) is 72.1 Å². The molecule has 2 aliphatic rings. The third-order valence-corrected chi connectivity index (χ3v) is 7.65. The largest absolute Gasteiger partial charge is 0.572 e. The molecule has 0 aromatic carbocycles. The van der Waals surface area contributed by atoms with Crippen LogP contribution in [0.2, 0.25) is 0 Å². The zero-order valence-corrected chi connectivity index (χ0v) is 20.6. The lowest BCUT2D eigenvalue weighted by molar-refractivity contribution is -0.306.